The Morgan fingerprint density at radius 3 is 2.82 bits per heavy atom. The molecular formula is C20H21N3O4S. The summed E-state index contributed by atoms with van der Waals surface area (Å²) in [5.74, 6) is -0.0815. The minimum atomic E-state index is -0.408. The molecule has 0 radical (unpaired) electrons. The molecule has 2 amide bonds. The molecule has 0 saturated carbocycles. The van der Waals surface area contributed by atoms with E-state index in [1.54, 1.807) is 36.4 Å². The van der Waals surface area contributed by atoms with Crippen LogP contribution < -0.4 is 16.0 Å². The lowest BCUT2D eigenvalue weighted by molar-refractivity contribution is -0.115. The van der Waals surface area contributed by atoms with Crippen molar-refractivity contribution < 1.29 is 18.7 Å². The summed E-state index contributed by atoms with van der Waals surface area (Å²) in [6.07, 6.45) is 6.38. The van der Waals surface area contributed by atoms with Gasteiger partial charge in [0.2, 0.25) is 5.91 Å². The zero-order valence-corrected chi connectivity index (χ0v) is 16.0. The van der Waals surface area contributed by atoms with E-state index in [9.17, 15) is 9.59 Å². The number of hydrogen-bond donors (Lipinski definition) is 3. The second-order valence-corrected chi connectivity index (χ2v) is 6.59. The summed E-state index contributed by atoms with van der Waals surface area (Å²) in [4.78, 5) is 24.4. The first-order valence-electron chi connectivity index (χ1n) is 8.94. The van der Waals surface area contributed by atoms with Crippen LogP contribution in [-0.4, -0.2) is 36.2 Å². The van der Waals surface area contributed by atoms with Crippen LogP contribution in [0.5, 0.6) is 0 Å². The van der Waals surface area contributed by atoms with Gasteiger partial charge in [-0.3, -0.25) is 14.9 Å². The standard InChI is InChI=1S/C20H21N3O4S/c24-18(10-9-14-5-3-11-26-14)23-20(28)22-17-8-2-1-7-16(17)19(25)21-13-15-6-4-12-27-15/h1-3,5,7-11,15H,4,6,12-13H2,(H,21,25)(H2,22,23,24,28)/b10-9-/t15-/m0/s1. The number of thiocarbonyl (C=S) groups is 1. The molecule has 0 aliphatic carbocycles. The van der Waals surface area contributed by atoms with Crippen LogP contribution in [0.4, 0.5) is 5.69 Å². The monoisotopic (exact) mass is 399 g/mol. The molecule has 1 saturated heterocycles. The van der Waals surface area contributed by atoms with Crippen molar-refractivity contribution in [3.8, 4) is 0 Å². The minimum absolute atomic E-state index is 0.0605. The molecule has 7 nitrogen and oxygen atoms in total. The number of anilines is 1. The number of carbonyl (C=O) groups excluding carboxylic acids is 2. The predicted octanol–water partition coefficient (Wildman–Crippen LogP) is 2.71. The first-order chi connectivity index (χ1) is 13.6. The fraction of sp³-hybridized carbons (Fsp3) is 0.250. The zero-order valence-electron chi connectivity index (χ0n) is 15.1. The Hall–Kier alpha value is -2.97. The number of hydrogen-bond acceptors (Lipinski definition) is 5. The van der Waals surface area contributed by atoms with Crippen molar-refractivity contribution in [3.05, 3.63) is 60.1 Å². The Balaban J connectivity index is 1.55. The van der Waals surface area contributed by atoms with Crippen molar-refractivity contribution >= 4 is 40.9 Å². The van der Waals surface area contributed by atoms with Gasteiger partial charge in [-0.1, -0.05) is 12.1 Å². The molecule has 3 N–H and O–H groups in total. The second-order valence-electron chi connectivity index (χ2n) is 6.18. The highest BCUT2D eigenvalue weighted by molar-refractivity contribution is 7.80. The van der Waals surface area contributed by atoms with E-state index in [2.05, 4.69) is 16.0 Å². The third-order valence-corrected chi connectivity index (χ3v) is 4.32. The van der Waals surface area contributed by atoms with Crippen molar-refractivity contribution in [1.82, 2.24) is 10.6 Å². The molecule has 1 aromatic carbocycles. The fourth-order valence-electron chi connectivity index (χ4n) is 2.75. The lowest BCUT2D eigenvalue weighted by Crippen LogP contribution is -2.35. The summed E-state index contributed by atoms with van der Waals surface area (Å²) in [6.45, 7) is 1.20. The highest BCUT2D eigenvalue weighted by atomic mass is 32.1. The molecule has 2 aromatic rings. The van der Waals surface area contributed by atoms with Gasteiger partial charge in [0.05, 0.1) is 23.6 Å². The number of benzene rings is 1. The van der Waals surface area contributed by atoms with Gasteiger partial charge in [0.1, 0.15) is 5.76 Å². The highest BCUT2D eigenvalue weighted by Crippen LogP contribution is 2.16. The molecule has 8 heteroatoms. The average molecular weight is 399 g/mol. The molecule has 0 spiro atoms. The topological polar surface area (TPSA) is 92.6 Å². The third kappa shape index (κ3) is 5.77. The number of nitrogens with one attached hydrogen (secondary N) is 3. The van der Waals surface area contributed by atoms with Crippen LogP contribution in [0, 0.1) is 0 Å². The van der Waals surface area contributed by atoms with E-state index in [1.807, 2.05) is 0 Å². The number of ether oxygens (including phenoxy) is 1. The van der Waals surface area contributed by atoms with Gasteiger partial charge in [0.25, 0.3) is 5.91 Å². The van der Waals surface area contributed by atoms with E-state index in [0.29, 0.717) is 23.6 Å². The van der Waals surface area contributed by atoms with Gasteiger partial charge in [-0.2, -0.15) is 0 Å². The number of rotatable bonds is 6. The summed E-state index contributed by atoms with van der Waals surface area (Å²) >= 11 is 5.17. The molecule has 0 bridgehead atoms. The van der Waals surface area contributed by atoms with E-state index in [-0.39, 0.29) is 17.1 Å². The van der Waals surface area contributed by atoms with E-state index in [1.165, 1.54) is 18.4 Å². The number of para-hydroxylation sites is 1. The third-order valence-electron chi connectivity index (χ3n) is 4.11. The molecule has 2 heterocycles. The van der Waals surface area contributed by atoms with Gasteiger partial charge in [-0.05, 0) is 55.4 Å². The predicted molar refractivity (Wildman–Crippen MR) is 110 cm³/mol. The van der Waals surface area contributed by atoms with E-state index in [4.69, 9.17) is 21.4 Å². The maximum atomic E-state index is 12.5. The molecule has 1 atom stereocenters. The Morgan fingerprint density at radius 2 is 2.07 bits per heavy atom. The lowest BCUT2D eigenvalue weighted by atomic mass is 10.1. The first kappa shape index (κ1) is 19.8. The fourth-order valence-corrected chi connectivity index (χ4v) is 2.96. The highest BCUT2D eigenvalue weighted by Gasteiger charge is 2.18. The molecule has 146 valence electrons. The maximum Gasteiger partial charge on any atom is 0.253 e. The molecule has 3 rings (SSSR count). The van der Waals surface area contributed by atoms with Crippen LogP contribution in [0.25, 0.3) is 6.08 Å². The molecule has 1 aromatic heterocycles. The van der Waals surface area contributed by atoms with Crippen molar-refractivity contribution in [3.63, 3.8) is 0 Å². The van der Waals surface area contributed by atoms with Crippen molar-refractivity contribution in [2.45, 2.75) is 18.9 Å². The van der Waals surface area contributed by atoms with E-state index < -0.39 is 5.91 Å². The van der Waals surface area contributed by atoms with Crippen LogP contribution in [0.2, 0.25) is 0 Å². The quantitative estimate of drug-likeness (QED) is 0.511. The van der Waals surface area contributed by atoms with Crippen LogP contribution in [0.15, 0.2) is 53.2 Å². The van der Waals surface area contributed by atoms with Crippen molar-refractivity contribution in [2.24, 2.45) is 0 Å². The Morgan fingerprint density at radius 1 is 1.21 bits per heavy atom. The Kier molecular flexibility index (Phi) is 6.94. The van der Waals surface area contributed by atoms with Gasteiger partial charge < -0.3 is 19.8 Å². The summed E-state index contributed by atoms with van der Waals surface area (Å²) < 4.78 is 10.6. The van der Waals surface area contributed by atoms with Crippen LogP contribution in [0.3, 0.4) is 0 Å². The maximum absolute atomic E-state index is 12.5. The van der Waals surface area contributed by atoms with Crippen LogP contribution >= 0.6 is 12.2 Å². The van der Waals surface area contributed by atoms with Gasteiger partial charge in [0.15, 0.2) is 5.11 Å². The number of carbonyl (C=O) groups is 2. The van der Waals surface area contributed by atoms with Gasteiger partial charge in [0, 0.05) is 19.2 Å². The SMILES string of the molecule is O=C(/C=C\c1ccco1)NC(=S)Nc1ccccc1C(=O)NC[C@@H]1CCCO1. The summed E-state index contributed by atoms with van der Waals surface area (Å²) in [5.41, 5.74) is 0.941. The van der Waals surface area contributed by atoms with E-state index in [0.717, 1.165) is 19.4 Å². The Bertz CT molecular complexity index is 858. The van der Waals surface area contributed by atoms with Crippen molar-refractivity contribution in [1.29, 1.82) is 0 Å². The second kappa shape index (κ2) is 9.82. The van der Waals surface area contributed by atoms with Gasteiger partial charge in [-0.15, -0.1) is 0 Å². The number of furan rings is 1. The molecule has 0 unspecified atom stereocenters. The Labute approximate surface area is 168 Å². The summed E-state index contributed by atoms with van der Waals surface area (Å²) in [5, 5.41) is 8.39. The van der Waals surface area contributed by atoms with Crippen molar-refractivity contribution in [2.75, 3.05) is 18.5 Å². The number of amides is 2. The van der Waals surface area contributed by atoms with Gasteiger partial charge >= 0.3 is 0 Å². The molecule has 28 heavy (non-hydrogen) atoms. The molecular weight excluding hydrogens is 378 g/mol. The summed E-state index contributed by atoms with van der Waals surface area (Å²) in [6, 6.07) is 10.4. The summed E-state index contributed by atoms with van der Waals surface area (Å²) in [7, 11) is 0. The normalized spacial score (nSPS) is 16.1. The lowest BCUT2D eigenvalue weighted by Gasteiger charge is -2.14. The van der Waals surface area contributed by atoms with Crippen LogP contribution in [0.1, 0.15) is 29.0 Å². The largest absolute Gasteiger partial charge is 0.465 e. The van der Waals surface area contributed by atoms with Gasteiger partial charge in [-0.25, -0.2) is 0 Å². The molecule has 1 aliphatic heterocycles. The van der Waals surface area contributed by atoms with E-state index >= 15 is 0 Å². The smallest absolute Gasteiger partial charge is 0.253 e. The minimum Gasteiger partial charge on any atom is -0.465 e. The average Bonchev–Trinajstić information content (AvgIpc) is 3.38. The zero-order chi connectivity index (χ0) is 19.8. The first-order valence-corrected chi connectivity index (χ1v) is 9.35. The molecule has 1 aliphatic rings. The van der Waals surface area contributed by atoms with Crippen LogP contribution in [-0.2, 0) is 9.53 Å². The molecule has 1 fully saturated rings.